The van der Waals surface area contributed by atoms with E-state index in [2.05, 4.69) is 20.5 Å². The van der Waals surface area contributed by atoms with Gasteiger partial charge in [0.25, 0.3) is 11.8 Å². The van der Waals surface area contributed by atoms with Crippen LogP contribution in [0.3, 0.4) is 0 Å². The van der Waals surface area contributed by atoms with Crippen molar-refractivity contribution in [3.63, 3.8) is 0 Å². The normalized spacial score (nSPS) is 10.2. The zero-order chi connectivity index (χ0) is 16.9. The highest BCUT2D eigenvalue weighted by Gasteiger charge is 2.19. The van der Waals surface area contributed by atoms with Gasteiger partial charge in [0.2, 0.25) is 0 Å². The predicted octanol–water partition coefficient (Wildman–Crippen LogP) is 2.40. The second kappa shape index (κ2) is 6.78. The SMILES string of the molecule is COc1cccc(C(=O)Nc2nnc(-c3ccccn3)o2)c1OC. The minimum Gasteiger partial charge on any atom is -0.493 e. The van der Waals surface area contributed by atoms with Gasteiger partial charge in [-0.2, -0.15) is 0 Å². The lowest BCUT2D eigenvalue weighted by Crippen LogP contribution is -2.13. The Labute approximate surface area is 137 Å². The van der Waals surface area contributed by atoms with E-state index in [-0.39, 0.29) is 17.5 Å². The number of nitrogens with zero attached hydrogens (tertiary/aromatic N) is 3. The van der Waals surface area contributed by atoms with Gasteiger partial charge in [0.15, 0.2) is 11.5 Å². The molecule has 2 heterocycles. The van der Waals surface area contributed by atoms with Gasteiger partial charge in [-0.3, -0.25) is 15.1 Å². The first-order valence-electron chi connectivity index (χ1n) is 7.00. The van der Waals surface area contributed by atoms with Crippen molar-refractivity contribution in [1.29, 1.82) is 0 Å². The van der Waals surface area contributed by atoms with Crippen LogP contribution < -0.4 is 14.8 Å². The quantitative estimate of drug-likeness (QED) is 0.768. The number of aromatic nitrogens is 3. The molecular formula is C16H14N4O4. The molecule has 2 aromatic heterocycles. The molecule has 0 atom stereocenters. The number of para-hydroxylation sites is 1. The Hall–Kier alpha value is -3.42. The van der Waals surface area contributed by atoms with Crippen molar-refractivity contribution in [1.82, 2.24) is 15.2 Å². The van der Waals surface area contributed by atoms with Crippen LogP contribution in [-0.4, -0.2) is 35.3 Å². The van der Waals surface area contributed by atoms with Crippen LogP contribution in [0.2, 0.25) is 0 Å². The summed E-state index contributed by atoms with van der Waals surface area (Å²) in [6.45, 7) is 0. The van der Waals surface area contributed by atoms with Crippen LogP contribution in [0, 0.1) is 0 Å². The van der Waals surface area contributed by atoms with Gasteiger partial charge in [-0.25, -0.2) is 0 Å². The molecule has 0 radical (unpaired) electrons. The summed E-state index contributed by atoms with van der Waals surface area (Å²) in [5.41, 5.74) is 0.805. The Balaban J connectivity index is 1.82. The molecule has 0 unspecified atom stereocenters. The number of hydrogen-bond acceptors (Lipinski definition) is 7. The van der Waals surface area contributed by atoms with Gasteiger partial charge in [-0.05, 0) is 24.3 Å². The van der Waals surface area contributed by atoms with E-state index in [0.29, 0.717) is 17.2 Å². The van der Waals surface area contributed by atoms with E-state index in [0.717, 1.165) is 0 Å². The molecule has 3 rings (SSSR count). The van der Waals surface area contributed by atoms with Crippen LogP contribution in [0.15, 0.2) is 47.0 Å². The van der Waals surface area contributed by atoms with Gasteiger partial charge >= 0.3 is 6.01 Å². The highest BCUT2D eigenvalue weighted by atomic mass is 16.5. The molecule has 0 saturated carbocycles. The number of amides is 1. The Morgan fingerprint density at radius 2 is 1.96 bits per heavy atom. The fraction of sp³-hybridized carbons (Fsp3) is 0.125. The number of hydrogen-bond donors (Lipinski definition) is 1. The number of ether oxygens (including phenoxy) is 2. The third-order valence-corrected chi connectivity index (χ3v) is 3.18. The maximum atomic E-state index is 12.4. The first-order chi connectivity index (χ1) is 11.7. The van der Waals surface area contributed by atoms with Gasteiger partial charge in [-0.15, -0.1) is 5.10 Å². The van der Waals surface area contributed by atoms with Gasteiger partial charge in [-0.1, -0.05) is 17.2 Å². The van der Waals surface area contributed by atoms with Crippen LogP contribution in [0.4, 0.5) is 6.01 Å². The number of carbonyl (C=O) groups is 1. The van der Waals surface area contributed by atoms with Crippen molar-refractivity contribution in [2.75, 3.05) is 19.5 Å². The number of carbonyl (C=O) groups excluding carboxylic acids is 1. The molecule has 1 aromatic carbocycles. The Kier molecular flexibility index (Phi) is 4.37. The number of anilines is 1. The van der Waals surface area contributed by atoms with Gasteiger partial charge < -0.3 is 13.9 Å². The van der Waals surface area contributed by atoms with Crippen molar-refractivity contribution < 1.29 is 18.7 Å². The Morgan fingerprint density at radius 1 is 1.08 bits per heavy atom. The van der Waals surface area contributed by atoms with E-state index in [1.165, 1.54) is 14.2 Å². The first kappa shape index (κ1) is 15.5. The standard InChI is InChI=1S/C16H14N4O4/c1-22-12-8-5-6-10(13(12)23-2)14(21)18-16-20-19-15(24-16)11-7-3-4-9-17-11/h3-9H,1-2H3,(H,18,20,21). The fourth-order valence-electron chi connectivity index (χ4n) is 2.10. The lowest BCUT2D eigenvalue weighted by atomic mass is 10.1. The molecule has 0 bridgehead atoms. The maximum absolute atomic E-state index is 12.4. The van der Waals surface area contributed by atoms with Gasteiger partial charge in [0.05, 0.1) is 19.8 Å². The molecule has 0 saturated heterocycles. The van der Waals surface area contributed by atoms with Crippen molar-refractivity contribution in [3.8, 4) is 23.1 Å². The molecule has 0 spiro atoms. The zero-order valence-electron chi connectivity index (χ0n) is 13.0. The van der Waals surface area contributed by atoms with Gasteiger partial charge in [0, 0.05) is 6.20 Å². The maximum Gasteiger partial charge on any atom is 0.322 e. The van der Waals surface area contributed by atoms with E-state index in [4.69, 9.17) is 13.9 Å². The molecule has 0 aliphatic heterocycles. The third-order valence-electron chi connectivity index (χ3n) is 3.18. The third kappa shape index (κ3) is 3.02. The number of nitrogens with one attached hydrogen (secondary N) is 1. The summed E-state index contributed by atoms with van der Waals surface area (Å²) < 4.78 is 15.8. The smallest absolute Gasteiger partial charge is 0.322 e. The number of rotatable bonds is 5. The molecule has 122 valence electrons. The molecule has 8 nitrogen and oxygen atoms in total. The van der Waals surface area contributed by atoms with Crippen molar-refractivity contribution >= 4 is 11.9 Å². The minimum absolute atomic E-state index is 0.0365. The monoisotopic (exact) mass is 326 g/mol. The summed E-state index contributed by atoms with van der Waals surface area (Å²) in [4.78, 5) is 16.5. The molecule has 0 aliphatic rings. The second-order valence-electron chi connectivity index (χ2n) is 4.62. The molecule has 8 heteroatoms. The largest absolute Gasteiger partial charge is 0.493 e. The molecule has 0 fully saturated rings. The summed E-state index contributed by atoms with van der Waals surface area (Å²) in [5, 5.41) is 10.2. The van der Waals surface area contributed by atoms with E-state index >= 15 is 0 Å². The van der Waals surface area contributed by atoms with Crippen LogP contribution in [0.1, 0.15) is 10.4 Å². The number of benzene rings is 1. The van der Waals surface area contributed by atoms with E-state index < -0.39 is 5.91 Å². The van der Waals surface area contributed by atoms with Crippen LogP contribution in [-0.2, 0) is 0 Å². The number of methoxy groups -OCH3 is 2. The van der Waals surface area contributed by atoms with Crippen LogP contribution in [0.25, 0.3) is 11.6 Å². The summed E-state index contributed by atoms with van der Waals surface area (Å²) in [6, 6.07) is 10.2. The van der Waals surface area contributed by atoms with Crippen molar-refractivity contribution in [3.05, 3.63) is 48.2 Å². The molecular weight excluding hydrogens is 312 g/mol. The first-order valence-corrected chi connectivity index (χ1v) is 7.00. The van der Waals surface area contributed by atoms with Crippen molar-refractivity contribution in [2.24, 2.45) is 0 Å². The van der Waals surface area contributed by atoms with Crippen LogP contribution >= 0.6 is 0 Å². The van der Waals surface area contributed by atoms with E-state index in [1.807, 2.05) is 0 Å². The molecule has 24 heavy (non-hydrogen) atoms. The molecule has 1 N–H and O–H groups in total. The summed E-state index contributed by atoms with van der Waals surface area (Å²) in [6.07, 6.45) is 1.61. The fourth-order valence-corrected chi connectivity index (χ4v) is 2.10. The highest BCUT2D eigenvalue weighted by Crippen LogP contribution is 2.31. The summed E-state index contributed by atoms with van der Waals surface area (Å²) in [5.74, 6) is 0.525. The summed E-state index contributed by atoms with van der Waals surface area (Å²) in [7, 11) is 2.96. The Morgan fingerprint density at radius 3 is 2.67 bits per heavy atom. The lowest BCUT2D eigenvalue weighted by molar-refractivity contribution is 0.102. The number of pyridine rings is 1. The molecule has 0 aliphatic carbocycles. The Bertz CT molecular complexity index is 848. The van der Waals surface area contributed by atoms with Gasteiger partial charge in [0.1, 0.15) is 5.69 Å². The predicted molar refractivity (Wildman–Crippen MR) is 85.0 cm³/mol. The van der Waals surface area contributed by atoms with Crippen LogP contribution in [0.5, 0.6) is 11.5 Å². The molecule has 1 amide bonds. The lowest BCUT2D eigenvalue weighted by Gasteiger charge is -2.11. The van der Waals surface area contributed by atoms with Crippen molar-refractivity contribution in [2.45, 2.75) is 0 Å². The minimum atomic E-state index is -0.457. The topological polar surface area (TPSA) is 99.4 Å². The van der Waals surface area contributed by atoms with E-state index in [1.54, 1.807) is 42.6 Å². The average Bonchev–Trinajstić information content (AvgIpc) is 3.10. The zero-order valence-corrected chi connectivity index (χ0v) is 13.0. The summed E-state index contributed by atoms with van der Waals surface area (Å²) >= 11 is 0. The highest BCUT2D eigenvalue weighted by molar-refractivity contribution is 6.05. The average molecular weight is 326 g/mol. The molecule has 3 aromatic rings. The second-order valence-corrected chi connectivity index (χ2v) is 4.62. The van der Waals surface area contributed by atoms with E-state index in [9.17, 15) is 4.79 Å².